The van der Waals surface area contributed by atoms with Crippen molar-refractivity contribution in [3.8, 4) is 0 Å². The van der Waals surface area contributed by atoms with Crippen LogP contribution in [0.3, 0.4) is 0 Å². The molecule has 126 valence electrons. The summed E-state index contributed by atoms with van der Waals surface area (Å²) < 4.78 is 49.7. The van der Waals surface area contributed by atoms with E-state index in [2.05, 4.69) is 6.92 Å². The van der Waals surface area contributed by atoms with Crippen LogP contribution in [0, 0.1) is 17.3 Å². The van der Waals surface area contributed by atoms with Crippen molar-refractivity contribution in [2.45, 2.75) is 82.9 Å². The summed E-state index contributed by atoms with van der Waals surface area (Å²) in [5.74, 6) is -3.59. The first-order valence-electron chi connectivity index (χ1n) is 8.45. The van der Waals surface area contributed by atoms with Gasteiger partial charge in [0.25, 0.3) is 5.92 Å². The summed E-state index contributed by atoms with van der Waals surface area (Å²) in [6.45, 7) is 3.32. The second kappa shape index (κ2) is 5.13. The minimum absolute atomic E-state index is 0.104. The van der Waals surface area contributed by atoms with Crippen LogP contribution < -0.4 is 0 Å². The van der Waals surface area contributed by atoms with Crippen molar-refractivity contribution in [2.24, 2.45) is 17.3 Å². The molecule has 1 unspecified atom stereocenters. The third-order valence-corrected chi connectivity index (χ3v) is 6.58. The van der Waals surface area contributed by atoms with E-state index in [1.54, 1.807) is 0 Å². The highest BCUT2D eigenvalue weighted by Gasteiger charge is 2.74. The molecule has 4 aliphatic carbocycles. The standard InChI is InChI=1S/C17H25F3O2/c1-11-3-5-13(6-4-11)15-7-9-16(10-8-15,22-12(2)21)14(18)17(15,19)20/h11,13-14H,3-10H2,1-2H3. The van der Waals surface area contributed by atoms with Crippen molar-refractivity contribution in [1.82, 2.24) is 0 Å². The van der Waals surface area contributed by atoms with Crippen LogP contribution in [0.5, 0.6) is 0 Å². The number of hydrogen-bond acceptors (Lipinski definition) is 2. The van der Waals surface area contributed by atoms with E-state index in [-0.39, 0.29) is 31.6 Å². The van der Waals surface area contributed by atoms with Crippen LogP contribution in [-0.4, -0.2) is 23.7 Å². The Hall–Kier alpha value is -0.740. The largest absolute Gasteiger partial charge is 0.456 e. The Morgan fingerprint density at radius 2 is 1.59 bits per heavy atom. The van der Waals surface area contributed by atoms with Crippen molar-refractivity contribution in [3.05, 3.63) is 0 Å². The number of hydrogen-bond donors (Lipinski definition) is 0. The van der Waals surface area contributed by atoms with Crippen LogP contribution in [0.15, 0.2) is 0 Å². The lowest BCUT2D eigenvalue weighted by molar-refractivity contribution is -0.309. The fourth-order valence-corrected chi connectivity index (χ4v) is 5.22. The molecule has 0 radical (unpaired) electrons. The van der Waals surface area contributed by atoms with Crippen LogP contribution in [0.2, 0.25) is 0 Å². The Labute approximate surface area is 129 Å². The van der Waals surface area contributed by atoms with Gasteiger partial charge in [0.1, 0.15) is 5.60 Å². The molecule has 0 N–H and O–H groups in total. The Morgan fingerprint density at radius 1 is 1.05 bits per heavy atom. The SMILES string of the molecule is CC(=O)OC12CCC(C3CCC(C)CC3)(CC1)C(F)(F)C2F. The van der Waals surface area contributed by atoms with Crippen LogP contribution in [0.1, 0.15) is 65.2 Å². The first-order valence-corrected chi connectivity index (χ1v) is 8.45. The lowest BCUT2D eigenvalue weighted by Gasteiger charge is -2.61. The summed E-state index contributed by atoms with van der Waals surface area (Å²) in [7, 11) is 0. The van der Waals surface area contributed by atoms with Crippen molar-refractivity contribution in [3.63, 3.8) is 0 Å². The molecule has 2 bridgehead atoms. The summed E-state index contributed by atoms with van der Waals surface area (Å²) in [6.07, 6.45) is 2.08. The molecule has 2 nitrogen and oxygen atoms in total. The molecule has 4 aliphatic rings. The van der Waals surface area contributed by atoms with Gasteiger partial charge in [-0.25, -0.2) is 13.2 Å². The van der Waals surface area contributed by atoms with Gasteiger partial charge >= 0.3 is 5.97 Å². The third-order valence-electron chi connectivity index (χ3n) is 6.58. The van der Waals surface area contributed by atoms with Crippen LogP contribution in [0.4, 0.5) is 13.2 Å². The Morgan fingerprint density at radius 3 is 2.09 bits per heavy atom. The van der Waals surface area contributed by atoms with Gasteiger partial charge < -0.3 is 4.74 Å². The van der Waals surface area contributed by atoms with Crippen molar-refractivity contribution >= 4 is 5.97 Å². The molecule has 0 aromatic rings. The molecule has 5 heteroatoms. The van der Waals surface area contributed by atoms with Gasteiger partial charge in [-0.3, -0.25) is 4.79 Å². The van der Waals surface area contributed by atoms with Crippen molar-refractivity contribution in [1.29, 1.82) is 0 Å². The average molecular weight is 318 g/mol. The van der Waals surface area contributed by atoms with E-state index in [9.17, 15) is 18.0 Å². The maximum atomic E-state index is 15.0. The van der Waals surface area contributed by atoms with E-state index < -0.39 is 29.1 Å². The number of carbonyl (C=O) groups excluding carboxylic acids is 1. The molecule has 4 saturated carbocycles. The van der Waals surface area contributed by atoms with E-state index >= 15 is 0 Å². The first-order chi connectivity index (χ1) is 10.2. The Kier molecular flexibility index (Phi) is 3.76. The number of halogens is 3. The summed E-state index contributed by atoms with van der Waals surface area (Å²) in [6, 6.07) is 0. The molecule has 0 amide bonds. The molecule has 0 spiro atoms. The topological polar surface area (TPSA) is 26.3 Å². The molecule has 4 fully saturated rings. The number of alkyl halides is 3. The van der Waals surface area contributed by atoms with E-state index in [1.165, 1.54) is 6.92 Å². The van der Waals surface area contributed by atoms with Gasteiger partial charge in [0.15, 0.2) is 0 Å². The van der Waals surface area contributed by atoms with Crippen molar-refractivity contribution in [2.75, 3.05) is 0 Å². The molecule has 4 rings (SSSR count). The van der Waals surface area contributed by atoms with Gasteiger partial charge in [-0.2, -0.15) is 0 Å². The van der Waals surface area contributed by atoms with Crippen LogP contribution in [0.25, 0.3) is 0 Å². The predicted octanol–water partition coefficient (Wildman–Crippen LogP) is 4.66. The maximum Gasteiger partial charge on any atom is 0.303 e. The minimum atomic E-state index is -3.40. The smallest absolute Gasteiger partial charge is 0.303 e. The maximum absolute atomic E-state index is 15.0. The Balaban J connectivity index is 1.88. The molecule has 1 atom stereocenters. The summed E-state index contributed by atoms with van der Waals surface area (Å²) >= 11 is 0. The number of ether oxygens (including phenoxy) is 1. The molecule has 22 heavy (non-hydrogen) atoms. The van der Waals surface area contributed by atoms with Crippen molar-refractivity contribution < 1.29 is 22.7 Å². The molecule has 0 aliphatic heterocycles. The fourth-order valence-electron chi connectivity index (χ4n) is 5.22. The molecule has 0 saturated heterocycles. The molecule has 0 aromatic heterocycles. The van der Waals surface area contributed by atoms with Crippen LogP contribution >= 0.6 is 0 Å². The number of esters is 1. The van der Waals surface area contributed by atoms with Gasteiger partial charge in [-0.05, 0) is 50.4 Å². The minimum Gasteiger partial charge on any atom is -0.456 e. The van der Waals surface area contributed by atoms with E-state index in [0.29, 0.717) is 5.92 Å². The zero-order valence-corrected chi connectivity index (χ0v) is 13.3. The highest BCUT2D eigenvalue weighted by atomic mass is 19.3. The summed E-state index contributed by atoms with van der Waals surface area (Å²) in [4.78, 5) is 11.2. The third kappa shape index (κ3) is 2.10. The highest BCUT2D eigenvalue weighted by molar-refractivity contribution is 5.66. The predicted molar refractivity (Wildman–Crippen MR) is 76.4 cm³/mol. The molecular formula is C17H25F3O2. The Bertz CT molecular complexity index is 447. The lowest BCUT2D eigenvalue weighted by Crippen LogP contribution is -2.70. The van der Waals surface area contributed by atoms with Gasteiger partial charge in [-0.1, -0.05) is 19.8 Å². The second-order valence-electron chi connectivity index (χ2n) is 7.76. The quantitative estimate of drug-likeness (QED) is 0.692. The van der Waals surface area contributed by atoms with Gasteiger partial charge in [0, 0.05) is 12.3 Å². The number of fused-ring (bicyclic) bond motifs is 3. The highest BCUT2D eigenvalue weighted by Crippen LogP contribution is 2.67. The first kappa shape index (κ1) is 16.1. The zero-order valence-electron chi connectivity index (χ0n) is 13.3. The fraction of sp³-hybridized carbons (Fsp3) is 0.941. The van der Waals surface area contributed by atoms with Gasteiger partial charge in [0.05, 0.1) is 0 Å². The summed E-state index contributed by atoms with van der Waals surface area (Å²) in [5.41, 5.74) is -2.83. The van der Waals surface area contributed by atoms with E-state index in [4.69, 9.17) is 4.74 Å². The van der Waals surface area contributed by atoms with Gasteiger partial charge in [0.2, 0.25) is 6.17 Å². The van der Waals surface area contributed by atoms with Gasteiger partial charge in [-0.15, -0.1) is 0 Å². The average Bonchev–Trinajstić information content (AvgIpc) is 2.46. The summed E-state index contributed by atoms with van der Waals surface area (Å²) in [5, 5.41) is 0. The molecular weight excluding hydrogens is 293 g/mol. The van der Waals surface area contributed by atoms with E-state index in [1.807, 2.05) is 0 Å². The monoisotopic (exact) mass is 318 g/mol. The second-order valence-corrected chi connectivity index (χ2v) is 7.76. The van der Waals surface area contributed by atoms with Crippen LogP contribution in [-0.2, 0) is 9.53 Å². The lowest BCUT2D eigenvalue weighted by atomic mass is 9.49. The number of rotatable bonds is 2. The molecule has 0 aromatic carbocycles. The number of carbonyl (C=O) groups is 1. The normalized spacial score (nSPS) is 47.2. The van der Waals surface area contributed by atoms with E-state index in [0.717, 1.165) is 25.7 Å². The molecule has 0 heterocycles. The zero-order chi connectivity index (χ0) is 16.2.